The molecule has 2 aromatic carbocycles. The predicted octanol–water partition coefficient (Wildman–Crippen LogP) is 2.81. The molecular weight excluding hydrogens is 396 g/mol. The lowest BCUT2D eigenvalue weighted by molar-refractivity contribution is -0.118. The number of carbonyl (C=O) groups excluding carboxylic acids is 1. The normalized spacial score (nSPS) is 11.5. The maximum absolute atomic E-state index is 12.8. The first-order valence-corrected chi connectivity index (χ1v) is 9.39. The molecule has 146 valence electrons. The minimum Gasteiger partial charge on any atom is -0.484 e. The Morgan fingerprint density at radius 3 is 2.57 bits per heavy atom. The van der Waals surface area contributed by atoms with Gasteiger partial charge in [-0.25, -0.2) is 13.2 Å². The molecule has 0 aliphatic heterocycles. The number of benzene rings is 2. The summed E-state index contributed by atoms with van der Waals surface area (Å²) in [5.41, 5.74) is -0.557. The van der Waals surface area contributed by atoms with Crippen LogP contribution in [0.15, 0.2) is 68.7 Å². The number of nitrogens with one attached hydrogen (secondary N) is 1. The van der Waals surface area contributed by atoms with Crippen molar-refractivity contribution in [2.75, 3.05) is 11.9 Å². The minimum absolute atomic E-state index is 0.227. The fourth-order valence-electron chi connectivity index (χ4n) is 2.38. The van der Waals surface area contributed by atoms with Crippen LogP contribution in [0.4, 0.5) is 14.5 Å². The van der Waals surface area contributed by atoms with Gasteiger partial charge in [0.1, 0.15) is 11.3 Å². The van der Waals surface area contributed by atoms with Gasteiger partial charge in [-0.05, 0) is 30.3 Å². The highest BCUT2D eigenvalue weighted by atomic mass is 32.2. The molecule has 0 aliphatic carbocycles. The van der Waals surface area contributed by atoms with Gasteiger partial charge in [0, 0.05) is 17.5 Å². The molecule has 0 fully saturated rings. The van der Waals surface area contributed by atoms with E-state index >= 15 is 0 Å². The number of hydrogen-bond donors (Lipinski definition) is 1. The van der Waals surface area contributed by atoms with Crippen LogP contribution in [0.5, 0.6) is 5.75 Å². The number of rotatable bonds is 6. The molecule has 10 heteroatoms. The first-order chi connectivity index (χ1) is 13.3. The molecule has 7 nitrogen and oxygen atoms in total. The predicted molar refractivity (Wildman–Crippen MR) is 96.2 cm³/mol. The van der Waals surface area contributed by atoms with Gasteiger partial charge < -0.3 is 14.5 Å². The average molecular weight is 409 g/mol. The zero-order valence-corrected chi connectivity index (χ0v) is 14.9. The summed E-state index contributed by atoms with van der Waals surface area (Å²) in [6.07, 6.45) is 0. The summed E-state index contributed by atoms with van der Waals surface area (Å²) in [4.78, 5) is 22.6. The van der Waals surface area contributed by atoms with Crippen molar-refractivity contribution in [3.8, 4) is 5.75 Å². The summed E-state index contributed by atoms with van der Waals surface area (Å²) < 4.78 is 59.3. The van der Waals surface area contributed by atoms with Crippen molar-refractivity contribution in [2.24, 2.45) is 0 Å². The van der Waals surface area contributed by atoms with E-state index in [1.807, 2.05) is 0 Å². The van der Waals surface area contributed by atoms with Gasteiger partial charge in [-0.3, -0.25) is 4.79 Å². The van der Waals surface area contributed by atoms with E-state index in [9.17, 15) is 26.8 Å². The van der Waals surface area contributed by atoms with E-state index in [1.54, 1.807) is 18.2 Å². The van der Waals surface area contributed by atoms with Gasteiger partial charge in [0.05, 0.1) is 10.6 Å². The van der Waals surface area contributed by atoms with Crippen molar-refractivity contribution in [3.63, 3.8) is 0 Å². The lowest BCUT2D eigenvalue weighted by Crippen LogP contribution is -2.22. The molecule has 0 bridgehead atoms. The van der Waals surface area contributed by atoms with Gasteiger partial charge in [0.25, 0.3) is 5.91 Å². The molecule has 1 amide bonds. The second-order valence-electron chi connectivity index (χ2n) is 5.59. The molecule has 0 unspecified atom stereocenters. The number of ether oxygens (including phenoxy) is 1. The Balaban J connectivity index is 1.73. The Labute approximate surface area is 157 Å². The smallest absolute Gasteiger partial charge is 0.341 e. The molecule has 3 aromatic rings. The van der Waals surface area contributed by atoms with Gasteiger partial charge >= 0.3 is 11.4 Å². The Morgan fingerprint density at radius 1 is 1.11 bits per heavy atom. The third kappa shape index (κ3) is 4.17. The van der Waals surface area contributed by atoms with E-state index in [2.05, 4.69) is 5.32 Å². The van der Waals surface area contributed by atoms with Crippen LogP contribution in [0.25, 0.3) is 11.0 Å². The average Bonchev–Trinajstić information content (AvgIpc) is 2.66. The second kappa shape index (κ2) is 7.77. The quantitative estimate of drug-likeness (QED) is 0.628. The standard InChI is InChI=1S/C18H13F2NO6S/c19-18(20)28(24,25)15-4-2-1-3-13(15)21-16(22)10-26-12-7-5-11-6-8-17(23)27-14(11)9-12/h1-9,18H,10H2,(H,21,22). The fraction of sp³-hybridized carbons (Fsp3) is 0.111. The van der Waals surface area contributed by atoms with Gasteiger partial charge in [0.15, 0.2) is 6.61 Å². The third-order valence-electron chi connectivity index (χ3n) is 3.67. The highest BCUT2D eigenvalue weighted by molar-refractivity contribution is 7.91. The fourth-order valence-corrected chi connectivity index (χ4v) is 3.27. The molecule has 28 heavy (non-hydrogen) atoms. The Kier molecular flexibility index (Phi) is 5.41. The van der Waals surface area contributed by atoms with E-state index in [1.165, 1.54) is 30.3 Å². The van der Waals surface area contributed by atoms with E-state index in [0.29, 0.717) is 5.39 Å². The van der Waals surface area contributed by atoms with Crippen molar-refractivity contribution >= 4 is 32.4 Å². The molecule has 0 spiro atoms. The zero-order chi connectivity index (χ0) is 20.3. The molecule has 1 N–H and O–H groups in total. The van der Waals surface area contributed by atoms with Crippen LogP contribution < -0.4 is 15.7 Å². The third-order valence-corrected chi connectivity index (χ3v) is 5.10. The molecule has 0 aliphatic rings. The maximum Gasteiger partial charge on any atom is 0.341 e. The Hall–Kier alpha value is -3.27. The van der Waals surface area contributed by atoms with E-state index in [-0.39, 0.29) is 17.0 Å². The Morgan fingerprint density at radius 2 is 1.82 bits per heavy atom. The molecular formula is C18H13F2NO6S. The van der Waals surface area contributed by atoms with Crippen LogP contribution in [0.1, 0.15) is 0 Å². The Bertz CT molecular complexity index is 1190. The maximum atomic E-state index is 12.8. The van der Waals surface area contributed by atoms with Crippen LogP contribution in [0.2, 0.25) is 0 Å². The number of carbonyl (C=O) groups is 1. The van der Waals surface area contributed by atoms with E-state index < -0.39 is 38.6 Å². The van der Waals surface area contributed by atoms with Gasteiger partial charge in [-0.15, -0.1) is 0 Å². The number of amides is 1. The summed E-state index contributed by atoms with van der Waals surface area (Å²) in [5, 5.41) is 2.89. The van der Waals surface area contributed by atoms with Crippen molar-refractivity contribution in [1.29, 1.82) is 0 Å². The van der Waals surface area contributed by atoms with Gasteiger partial charge in [0.2, 0.25) is 9.84 Å². The highest BCUT2D eigenvalue weighted by Gasteiger charge is 2.29. The number of sulfone groups is 1. The molecule has 0 saturated heterocycles. The monoisotopic (exact) mass is 409 g/mol. The molecule has 0 saturated carbocycles. The van der Waals surface area contributed by atoms with Gasteiger partial charge in [-0.2, -0.15) is 8.78 Å². The summed E-state index contributed by atoms with van der Waals surface area (Å²) >= 11 is 0. The van der Waals surface area contributed by atoms with Crippen LogP contribution in [-0.4, -0.2) is 26.7 Å². The van der Waals surface area contributed by atoms with Crippen molar-refractivity contribution in [2.45, 2.75) is 10.7 Å². The molecule has 3 rings (SSSR count). The van der Waals surface area contributed by atoms with Crippen molar-refractivity contribution in [1.82, 2.24) is 0 Å². The lowest BCUT2D eigenvalue weighted by Gasteiger charge is -2.12. The summed E-state index contributed by atoms with van der Waals surface area (Å²) in [6, 6.07) is 12.2. The topological polar surface area (TPSA) is 103 Å². The largest absolute Gasteiger partial charge is 0.484 e. The SMILES string of the molecule is O=C(COc1ccc2ccc(=O)oc2c1)Nc1ccccc1S(=O)(=O)C(F)F. The first-order valence-electron chi connectivity index (χ1n) is 7.85. The minimum atomic E-state index is -4.88. The van der Waals surface area contributed by atoms with Crippen molar-refractivity contribution in [3.05, 3.63) is 65.0 Å². The first kappa shape index (κ1) is 19.5. The summed E-state index contributed by atoms with van der Waals surface area (Å²) in [5.74, 6) is -4.15. The highest BCUT2D eigenvalue weighted by Crippen LogP contribution is 2.26. The molecule has 1 heterocycles. The number of alkyl halides is 2. The summed E-state index contributed by atoms with van der Waals surface area (Å²) in [7, 11) is -4.88. The van der Waals surface area contributed by atoms with Crippen LogP contribution in [-0.2, 0) is 14.6 Å². The molecule has 0 atom stereocenters. The van der Waals surface area contributed by atoms with E-state index in [4.69, 9.17) is 9.15 Å². The van der Waals surface area contributed by atoms with Crippen LogP contribution in [0, 0.1) is 0 Å². The van der Waals surface area contributed by atoms with Crippen LogP contribution in [0.3, 0.4) is 0 Å². The van der Waals surface area contributed by atoms with Gasteiger partial charge in [-0.1, -0.05) is 12.1 Å². The number of halogens is 2. The lowest BCUT2D eigenvalue weighted by atomic mass is 10.2. The zero-order valence-electron chi connectivity index (χ0n) is 14.1. The number of hydrogen-bond acceptors (Lipinski definition) is 6. The summed E-state index contributed by atoms with van der Waals surface area (Å²) in [6.45, 7) is -0.522. The second-order valence-corrected chi connectivity index (χ2v) is 7.48. The number of para-hydroxylation sites is 1. The van der Waals surface area contributed by atoms with E-state index in [0.717, 1.165) is 6.07 Å². The van der Waals surface area contributed by atoms with Crippen LogP contribution >= 0.6 is 0 Å². The number of fused-ring (bicyclic) bond motifs is 1. The molecule has 0 radical (unpaired) electrons. The van der Waals surface area contributed by atoms with Crippen molar-refractivity contribution < 1.29 is 31.1 Å². The number of anilines is 1. The molecule has 1 aromatic heterocycles.